The average molecular weight is 350 g/mol. The molecule has 0 atom stereocenters. The number of carbonyl (C=O) groups excluding carboxylic acids is 2. The number of aryl methyl sites for hydroxylation is 4. The summed E-state index contributed by atoms with van der Waals surface area (Å²) in [5, 5.41) is 0. The van der Waals surface area contributed by atoms with Crippen molar-refractivity contribution in [1.29, 1.82) is 0 Å². The Hall–Kier alpha value is -3.15. The summed E-state index contributed by atoms with van der Waals surface area (Å²) in [6, 6.07) is 10.9. The van der Waals surface area contributed by atoms with Crippen LogP contribution >= 0.6 is 0 Å². The molecule has 0 aliphatic heterocycles. The maximum absolute atomic E-state index is 12.4. The molecule has 0 unspecified atom stereocenters. The van der Waals surface area contributed by atoms with Gasteiger partial charge in [-0.3, -0.25) is 20.4 Å². The van der Waals surface area contributed by atoms with Gasteiger partial charge < -0.3 is 4.57 Å². The van der Waals surface area contributed by atoms with Crippen LogP contribution in [-0.4, -0.2) is 21.4 Å². The zero-order chi connectivity index (χ0) is 18.8. The maximum Gasteiger partial charge on any atom is 0.269 e. The van der Waals surface area contributed by atoms with E-state index >= 15 is 0 Å². The number of benzene rings is 2. The van der Waals surface area contributed by atoms with E-state index in [1.165, 1.54) is 0 Å². The minimum absolute atomic E-state index is 0.344. The fraction of sp³-hybridized carbons (Fsp3) is 0.250. The van der Waals surface area contributed by atoms with Gasteiger partial charge in [-0.15, -0.1) is 0 Å². The van der Waals surface area contributed by atoms with Crippen LogP contribution in [0.1, 0.15) is 44.6 Å². The van der Waals surface area contributed by atoms with E-state index in [9.17, 15) is 9.59 Å². The lowest BCUT2D eigenvalue weighted by molar-refractivity contribution is 0.0846. The molecule has 0 aliphatic carbocycles. The molecule has 2 aromatic carbocycles. The standard InChI is InChI=1S/C20H22N4O2/c1-5-24-14(4)21-17-11-15(7-9-18(17)24)19(25)22-23-20(26)16-8-6-12(2)10-13(16)3/h6-11H,5H2,1-4H3,(H,22,25)(H,23,26). The summed E-state index contributed by atoms with van der Waals surface area (Å²) >= 11 is 0. The molecule has 1 aromatic heterocycles. The fourth-order valence-electron chi connectivity index (χ4n) is 3.11. The normalized spacial score (nSPS) is 10.8. The smallest absolute Gasteiger partial charge is 0.269 e. The lowest BCUT2D eigenvalue weighted by Gasteiger charge is -2.10. The minimum Gasteiger partial charge on any atom is -0.329 e. The first-order valence-electron chi connectivity index (χ1n) is 8.55. The van der Waals surface area contributed by atoms with Gasteiger partial charge in [0, 0.05) is 17.7 Å². The topological polar surface area (TPSA) is 76.0 Å². The van der Waals surface area contributed by atoms with Crippen LogP contribution in [-0.2, 0) is 6.54 Å². The fourth-order valence-corrected chi connectivity index (χ4v) is 3.11. The minimum atomic E-state index is -0.381. The van der Waals surface area contributed by atoms with Crippen LogP contribution in [0.4, 0.5) is 0 Å². The summed E-state index contributed by atoms with van der Waals surface area (Å²) in [4.78, 5) is 29.1. The highest BCUT2D eigenvalue weighted by Gasteiger charge is 2.13. The molecule has 134 valence electrons. The predicted molar refractivity (Wildman–Crippen MR) is 101 cm³/mol. The first kappa shape index (κ1) is 17.7. The van der Waals surface area contributed by atoms with Gasteiger partial charge in [-0.05, 0) is 57.5 Å². The summed E-state index contributed by atoms with van der Waals surface area (Å²) < 4.78 is 2.08. The maximum atomic E-state index is 12.4. The molecule has 2 N–H and O–H groups in total. The van der Waals surface area contributed by atoms with Gasteiger partial charge in [-0.1, -0.05) is 17.7 Å². The molecule has 0 aliphatic rings. The van der Waals surface area contributed by atoms with Gasteiger partial charge in [-0.25, -0.2) is 4.98 Å². The molecule has 0 radical (unpaired) electrons. The van der Waals surface area contributed by atoms with Crippen LogP contribution in [0, 0.1) is 20.8 Å². The summed E-state index contributed by atoms with van der Waals surface area (Å²) in [6.07, 6.45) is 0. The zero-order valence-electron chi connectivity index (χ0n) is 15.4. The molecule has 0 fully saturated rings. The molecule has 3 rings (SSSR count). The van der Waals surface area contributed by atoms with Gasteiger partial charge in [-0.2, -0.15) is 0 Å². The molecule has 0 bridgehead atoms. The Morgan fingerprint density at radius 3 is 2.42 bits per heavy atom. The molecule has 0 saturated carbocycles. The summed E-state index contributed by atoms with van der Waals surface area (Å²) in [5.41, 5.74) is 9.60. The van der Waals surface area contributed by atoms with E-state index in [2.05, 4.69) is 27.3 Å². The highest BCUT2D eigenvalue weighted by atomic mass is 16.2. The van der Waals surface area contributed by atoms with Crippen molar-refractivity contribution in [2.75, 3.05) is 0 Å². The predicted octanol–water partition coefficient (Wildman–Crippen LogP) is 3.06. The largest absolute Gasteiger partial charge is 0.329 e. The van der Waals surface area contributed by atoms with Crippen LogP contribution in [0.15, 0.2) is 36.4 Å². The Balaban J connectivity index is 1.73. The van der Waals surface area contributed by atoms with Crippen molar-refractivity contribution >= 4 is 22.8 Å². The van der Waals surface area contributed by atoms with Crippen molar-refractivity contribution in [2.24, 2.45) is 0 Å². The number of hydrogen-bond acceptors (Lipinski definition) is 3. The molecular formula is C20H22N4O2. The second-order valence-corrected chi connectivity index (χ2v) is 6.33. The van der Waals surface area contributed by atoms with Gasteiger partial charge in [0.05, 0.1) is 11.0 Å². The van der Waals surface area contributed by atoms with E-state index in [1.54, 1.807) is 18.2 Å². The van der Waals surface area contributed by atoms with Crippen LogP contribution in [0.25, 0.3) is 11.0 Å². The van der Waals surface area contributed by atoms with Gasteiger partial charge in [0.25, 0.3) is 11.8 Å². The number of carbonyl (C=O) groups is 2. The molecule has 6 heteroatoms. The summed E-state index contributed by atoms with van der Waals surface area (Å²) in [6.45, 7) is 8.64. The third-order valence-electron chi connectivity index (χ3n) is 4.43. The van der Waals surface area contributed by atoms with Crippen LogP contribution in [0.3, 0.4) is 0 Å². The first-order valence-corrected chi connectivity index (χ1v) is 8.55. The van der Waals surface area contributed by atoms with E-state index in [-0.39, 0.29) is 11.8 Å². The monoisotopic (exact) mass is 350 g/mol. The molecule has 3 aromatic rings. The van der Waals surface area contributed by atoms with E-state index in [0.29, 0.717) is 11.1 Å². The van der Waals surface area contributed by atoms with Crippen molar-refractivity contribution in [3.63, 3.8) is 0 Å². The number of nitrogens with zero attached hydrogens (tertiary/aromatic N) is 2. The molecule has 1 heterocycles. The highest BCUT2D eigenvalue weighted by molar-refractivity contribution is 6.01. The quantitative estimate of drug-likeness (QED) is 0.713. The van der Waals surface area contributed by atoms with Crippen molar-refractivity contribution in [2.45, 2.75) is 34.2 Å². The van der Waals surface area contributed by atoms with Crippen LogP contribution < -0.4 is 10.9 Å². The van der Waals surface area contributed by atoms with Gasteiger partial charge >= 0.3 is 0 Å². The van der Waals surface area contributed by atoms with Crippen molar-refractivity contribution in [3.8, 4) is 0 Å². The third-order valence-corrected chi connectivity index (χ3v) is 4.43. The highest BCUT2D eigenvalue weighted by Crippen LogP contribution is 2.17. The molecule has 0 saturated heterocycles. The number of nitrogens with one attached hydrogen (secondary N) is 2. The molecule has 26 heavy (non-hydrogen) atoms. The number of rotatable bonds is 3. The van der Waals surface area contributed by atoms with Gasteiger partial charge in [0.2, 0.25) is 0 Å². The van der Waals surface area contributed by atoms with E-state index in [1.807, 2.05) is 39.0 Å². The lowest BCUT2D eigenvalue weighted by Crippen LogP contribution is -2.41. The number of hydrogen-bond donors (Lipinski definition) is 2. The molecule has 6 nitrogen and oxygen atoms in total. The third kappa shape index (κ3) is 3.31. The summed E-state index contributed by atoms with van der Waals surface area (Å²) in [5.74, 6) is 0.181. The van der Waals surface area contributed by atoms with Crippen molar-refractivity contribution in [1.82, 2.24) is 20.4 Å². The van der Waals surface area contributed by atoms with Gasteiger partial charge in [0.1, 0.15) is 5.82 Å². The SMILES string of the molecule is CCn1c(C)nc2cc(C(=O)NNC(=O)c3ccc(C)cc3C)ccc21. The van der Waals surface area contributed by atoms with E-state index < -0.39 is 0 Å². The number of imidazole rings is 1. The van der Waals surface area contributed by atoms with Gasteiger partial charge in [0.15, 0.2) is 0 Å². The summed E-state index contributed by atoms with van der Waals surface area (Å²) in [7, 11) is 0. The Labute approximate surface area is 152 Å². The van der Waals surface area contributed by atoms with Crippen molar-refractivity contribution in [3.05, 3.63) is 64.5 Å². The average Bonchev–Trinajstić information content (AvgIpc) is 2.93. The second-order valence-electron chi connectivity index (χ2n) is 6.33. The lowest BCUT2D eigenvalue weighted by atomic mass is 10.1. The van der Waals surface area contributed by atoms with Crippen LogP contribution in [0.2, 0.25) is 0 Å². The Morgan fingerprint density at radius 1 is 1.00 bits per heavy atom. The number of fused-ring (bicyclic) bond motifs is 1. The Bertz CT molecular complexity index is 1000. The first-order chi connectivity index (χ1) is 12.4. The van der Waals surface area contributed by atoms with Crippen LogP contribution in [0.5, 0.6) is 0 Å². The zero-order valence-corrected chi connectivity index (χ0v) is 15.4. The van der Waals surface area contributed by atoms with Crippen molar-refractivity contribution < 1.29 is 9.59 Å². The van der Waals surface area contributed by atoms with E-state index in [0.717, 1.165) is 34.5 Å². The molecule has 0 spiro atoms. The Kier molecular flexibility index (Phi) is 4.75. The Morgan fingerprint density at radius 2 is 1.73 bits per heavy atom. The number of hydrazine groups is 1. The number of amides is 2. The number of aromatic nitrogens is 2. The van der Waals surface area contributed by atoms with E-state index in [4.69, 9.17) is 0 Å². The molecular weight excluding hydrogens is 328 g/mol. The molecule has 2 amide bonds. The second kappa shape index (κ2) is 7.00.